The number of likely N-dealkylation sites (tertiary alicyclic amines) is 1. The summed E-state index contributed by atoms with van der Waals surface area (Å²) in [6, 6.07) is 5.48. The Morgan fingerprint density at radius 1 is 1.38 bits per heavy atom. The van der Waals surface area contributed by atoms with Crippen LogP contribution in [-0.4, -0.2) is 42.5 Å². The number of amides is 2. The van der Waals surface area contributed by atoms with Gasteiger partial charge in [-0.2, -0.15) is 8.78 Å². The minimum atomic E-state index is -2.97. The lowest BCUT2D eigenvalue weighted by molar-refractivity contribution is -0.127. The third-order valence-electron chi connectivity index (χ3n) is 4.14. The zero-order chi connectivity index (χ0) is 17.7. The Bertz CT molecular complexity index is 598. The minimum Gasteiger partial charge on any atom is -0.433 e. The molecule has 3 N–H and O–H groups in total. The largest absolute Gasteiger partial charge is 0.433 e. The molecule has 132 valence electrons. The van der Waals surface area contributed by atoms with Crippen LogP contribution in [0.3, 0.4) is 0 Å². The summed E-state index contributed by atoms with van der Waals surface area (Å²) in [5, 5.41) is 2.60. The number of nitrogens with two attached hydrogens (primary N) is 1. The fourth-order valence-electron chi connectivity index (χ4n) is 2.76. The molecule has 1 heterocycles. The standard InChI is InChI=1S/C16H21F2N3O3/c1-10(21-8-4-5-11(9-21)14(19)22)15(23)20-12-6-2-3-7-13(12)24-16(17)18/h2-3,6-7,10-11,16H,4-5,8-9H2,1H3,(H2,19,22)(H,20,23)/t10-,11+/m0/s1. The third kappa shape index (κ3) is 4.64. The highest BCUT2D eigenvalue weighted by atomic mass is 19.3. The number of piperidine rings is 1. The zero-order valence-electron chi connectivity index (χ0n) is 13.4. The number of benzene rings is 1. The second-order valence-electron chi connectivity index (χ2n) is 5.78. The number of rotatable bonds is 6. The molecule has 2 atom stereocenters. The summed E-state index contributed by atoms with van der Waals surface area (Å²) in [5.74, 6) is -1.10. The molecule has 1 fully saturated rings. The summed E-state index contributed by atoms with van der Waals surface area (Å²) in [5.41, 5.74) is 5.52. The van der Waals surface area contributed by atoms with Gasteiger partial charge < -0.3 is 15.8 Å². The Morgan fingerprint density at radius 2 is 2.08 bits per heavy atom. The molecule has 0 radical (unpaired) electrons. The van der Waals surface area contributed by atoms with E-state index in [9.17, 15) is 18.4 Å². The highest BCUT2D eigenvalue weighted by molar-refractivity contribution is 5.95. The molecule has 1 aliphatic rings. The van der Waals surface area contributed by atoms with Crippen molar-refractivity contribution in [1.29, 1.82) is 0 Å². The molecule has 1 saturated heterocycles. The van der Waals surface area contributed by atoms with E-state index in [4.69, 9.17) is 5.73 Å². The van der Waals surface area contributed by atoms with Gasteiger partial charge >= 0.3 is 6.61 Å². The van der Waals surface area contributed by atoms with Crippen molar-refractivity contribution >= 4 is 17.5 Å². The second kappa shape index (κ2) is 8.05. The van der Waals surface area contributed by atoms with Crippen LogP contribution >= 0.6 is 0 Å². The van der Waals surface area contributed by atoms with E-state index in [0.717, 1.165) is 6.42 Å². The number of anilines is 1. The molecular formula is C16H21F2N3O3. The fraction of sp³-hybridized carbons (Fsp3) is 0.500. The highest BCUT2D eigenvalue weighted by Crippen LogP contribution is 2.26. The lowest BCUT2D eigenvalue weighted by Gasteiger charge is -2.34. The summed E-state index contributed by atoms with van der Waals surface area (Å²) in [6.07, 6.45) is 1.49. The van der Waals surface area contributed by atoms with Gasteiger partial charge in [0.05, 0.1) is 17.6 Å². The van der Waals surface area contributed by atoms with Gasteiger partial charge in [0.25, 0.3) is 0 Å². The van der Waals surface area contributed by atoms with Crippen molar-refractivity contribution in [2.45, 2.75) is 32.4 Å². The van der Waals surface area contributed by atoms with Gasteiger partial charge in [0, 0.05) is 6.54 Å². The third-order valence-corrected chi connectivity index (χ3v) is 4.14. The van der Waals surface area contributed by atoms with E-state index in [1.165, 1.54) is 12.1 Å². The van der Waals surface area contributed by atoms with Crippen LogP contribution in [-0.2, 0) is 9.59 Å². The number of halogens is 2. The molecule has 0 unspecified atom stereocenters. The Labute approximate surface area is 138 Å². The summed E-state index contributed by atoms with van der Waals surface area (Å²) >= 11 is 0. The van der Waals surface area contributed by atoms with Gasteiger partial charge in [0.15, 0.2) is 0 Å². The smallest absolute Gasteiger partial charge is 0.387 e. The van der Waals surface area contributed by atoms with Crippen molar-refractivity contribution in [3.63, 3.8) is 0 Å². The van der Waals surface area contributed by atoms with Crippen molar-refractivity contribution < 1.29 is 23.1 Å². The maximum atomic E-state index is 12.4. The van der Waals surface area contributed by atoms with Gasteiger partial charge in [0.1, 0.15) is 5.75 Å². The average molecular weight is 341 g/mol. The van der Waals surface area contributed by atoms with Crippen LogP contribution in [0.5, 0.6) is 5.75 Å². The number of primary amides is 1. The number of ether oxygens (including phenoxy) is 1. The summed E-state index contributed by atoms with van der Waals surface area (Å²) in [7, 11) is 0. The topological polar surface area (TPSA) is 84.7 Å². The van der Waals surface area contributed by atoms with Crippen molar-refractivity contribution in [1.82, 2.24) is 4.90 Å². The average Bonchev–Trinajstić information content (AvgIpc) is 2.55. The molecule has 24 heavy (non-hydrogen) atoms. The van der Waals surface area contributed by atoms with E-state index in [1.807, 2.05) is 4.90 Å². The molecule has 0 spiro atoms. The number of nitrogens with zero attached hydrogens (tertiary/aromatic N) is 1. The number of carbonyl (C=O) groups excluding carboxylic acids is 2. The first kappa shape index (κ1) is 18.1. The van der Waals surface area contributed by atoms with E-state index in [0.29, 0.717) is 19.5 Å². The minimum absolute atomic E-state index is 0.0956. The summed E-state index contributed by atoms with van der Waals surface area (Å²) in [4.78, 5) is 25.6. The first-order valence-corrected chi connectivity index (χ1v) is 7.76. The van der Waals surface area contributed by atoms with Crippen LogP contribution in [0.15, 0.2) is 24.3 Å². The number of carbonyl (C=O) groups is 2. The molecular weight excluding hydrogens is 320 g/mol. The van der Waals surface area contributed by atoms with Gasteiger partial charge in [0.2, 0.25) is 11.8 Å². The lowest BCUT2D eigenvalue weighted by Crippen LogP contribution is -2.49. The van der Waals surface area contributed by atoms with Crippen LogP contribution < -0.4 is 15.8 Å². The molecule has 2 rings (SSSR count). The predicted octanol–water partition coefficient (Wildman–Crippen LogP) is 1.81. The molecule has 0 saturated carbocycles. The van der Waals surface area contributed by atoms with Crippen molar-refractivity contribution in [2.75, 3.05) is 18.4 Å². The molecule has 2 amide bonds. The molecule has 0 aliphatic carbocycles. The maximum Gasteiger partial charge on any atom is 0.387 e. The lowest BCUT2D eigenvalue weighted by atomic mass is 9.96. The normalized spacial score (nSPS) is 19.8. The zero-order valence-corrected chi connectivity index (χ0v) is 13.4. The van der Waals surface area contributed by atoms with Crippen LogP contribution in [0.2, 0.25) is 0 Å². The van der Waals surface area contributed by atoms with Gasteiger partial charge in [-0.3, -0.25) is 14.5 Å². The van der Waals surface area contributed by atoms with Gasteiger partial charge in [-0.25, -0.2) is 0 Å². The Hall–Kier alpha value is -2.22. The molecule has 8 heteroatoms. The highest BCUT2D eigenvalue weighted by Gasteiger charge is 2.30. The van der Waals surface area contributed by atoms with Crippen molar-refractivity contribution in [2.24, 2.45) is 11.7 Å². The number of alkyl halides is 2. The summed E-state index contributed by atoms with van der Waals surface area (Å²) in [6.45, 7) is -0.180. The van der Waals surface area contributed by atoms with E-state index < -0.39 is 12.7 Å². The van der Waals surface area contributed by atoms with E-state index in [1.54, 1.807) is 19.1 Å². The number of hydrogen-bond donors (Lipinski definition) is 2. The molecule has 0 bridgehead atoms. The Balaban J connectivity index is 2.03. The van der Waals surface area contributed by atoms with Gasteiger partial charge in [-0.1, -0.05) is 12.1 Å². The number of para-hydroxylation sites is 2. The number of nitrogens with one attached hydrogen (secondary N) is 1. The first-order chi connectivity index (χ1) is 11.4. The van der Waals surface area contributed by atoms with Crippen molar-refractivity contribution in [3.05, 3.63) is 24.3 Å². The number of hydrogen-bond acceptors (Lipinski definition) is 4. The molecule has 0 aromatic heterocycles. The van der Waals surface area contributed by atoms with E-state index in [2.05, 4.69) is 10.1 Å². The van der Waals surface area contributed by atoms with E-state index >= 15 is 0 Å². The van der Waals surface area contributed by atoms with E-state index in [-0.39, 0.29) is 29.2 Å². The first-order valence-electron chi connectivity index (χ1n) is 7.76. The fourth-order valence-corrected chi connectivity index (χ4v) is 2.76. The van der Waals surface area contributed by atoms with Crippen LogP contribution in [0.25, 0.3) is 0 Å². The maximum absolute atomic E-state index is 12.4. The van der Waals surface area contributed by atoms with Gasteiger partial charge in [-0.15, -0.1) is 0 Å². The second-order valence-corrected chi connectivity index (χ2v) is 5.78. The summed E-state index contributed by atoms with van der Waals surface area (Å²) < 4.78 is 29.2. The molecule has 1 aromatic rings. The quantitative estimate of drug-likeness (QED) is 0.826. The Kier molecular flexibility index (Phi) is 6.08. The van der Waals surface area contributed by atoms with Crippen LogP contribution in [0.1, 0.15) is 19.8 Å². The van der Waals surface area contributed by atoms with Crippen molar-refractivity contribution in [3.8, 4) is 5.75 Å². The molecule has 1 aromatic carbocycles. The van der Waals surface area contributed by atoms with Crippen LogP contribution in [0.4, 0.5) is 14.5 Å². The molecule has 6 nitrogen and oxygen atoms in total. The molecule has 1 aliphatic heterocycles. The predicted molar refractivity (Wildman–Crippen MR) is 84.7 cm³/mol. The SMILES string of the molecule is C[C@@H](C(=O)Nc1ccccc1OC(F)F)N1CCC[C@@H](C(N)=O)C1. The Morgan fingerprint density at radius 3 is 2.75 bits per heavy atom. The van der Waals surface area contributed by atoms with Gasteiger partial charge in [-0.05, 0) is 38.4 Å². The monoisotopic (exact) mass is 341 g/mol. The van der Waals surface area contributed by atoms with Crippen LogP contribution in [0, 0.1) is 5.92 Å².